The number of methoxy groups -OCH3 is 1. The van der Waals surface area contributed by atoms with E-state index in [-0.39, 0.29) is 24.3 Å². The minimum atomic E-state index is -0.285. The average molecular weight is 287 g/mol. The van der Waals surface area contributed by atoms with E-state index in [0.29, 0.717) is 12.2 Å². The van der Waals surface area contributed by atoms with Gasteiger partial charge in [0.1, 0.15) is 5.69 Å². The van der Waals surface area contributed by atoms with Gasteiger partial charge in [-0.25, -0.2) is 0 Å². The van der Waals surface area contributed by atoms with Crippen molar-refractivity contribution >= 4 is 27.8 Å². The minimum absolute atomic E-state index is 0.0930. The first-order chi connectivity index (χ1) is 7.63. The molecule has 0 radical (unpaired) electrons. The molecule has 1 aliphatic heterocycles. The Bertz CT molecular complexity index is 441. The van der Waals surface area contributed by atoms with Crippen LogP contribution in [0.5, 0.6) is 0 Å². The molecule has 0 saturated heterocycles. The van der Waals surface area contributed by atoms with Gasteiger partial charge in [-0.05, 0) is 28.1 Å². The van der Waals surface area contributed by atoms with Crippen LogP contribution in [0.1, 0.15) is 23.0 Å². The number of fused-ring (bicyclic) bond motifs is 1. The molecule has 6 heteroatoms. The van der Waals surface area contributed by atoms with Crippen LogP contribution in [0.2, 0.25) is 0 Å². The third kappa shape index (κ3) is 1.84. The van der Waals surface area contributed by atoms with Crippen molar-refractivity contribution in [1.82, 2.24) is 9.88 Å². The molecule has 1 aliphatic rings. The third-order valence-corrected chi connectivity index (χ3v) is 3.24. The van der Waals surface area contributed by atoms with E-state index < -0.39 is 0 Å². The zero-order valence-corrected chi connectivity index (χ0v) is 10.3. The molecule has 2 heterocycles. The van der Waals surface area contributed by atoms with Crippen molar-refractivity contribution < 1.29 is 14.3 Å². The van der Waals surface area contributed by atoms with Crippen LogP contribution in [0.15, 0.2) is 16.7 Å². The summed E-state index contributed by atoms with van der Waals surface area (Å²) in [4.78, 5) is 22.8. The fourth-order valence-electron chi connectivity index (χ4n) is 1.81. The van der Waals surface area contributed by atoms with Gasteiger partial charge in [-0.2, -0.15) is 0 Å². The van der Waals surface area contributed by atoms with Crippen LogP contribution < -0.4 is 5.32 Å². The van der Waals surface area contributed by atoms with E-state index >= 15 is 0 Å². The van der Waals surface area contributed by atoms with Gasteiger partial charge in [-0.15, -0.1) is 0 Å². The summed E-state index contributed by atoms with van der Waals surface area (Å²) in [5.41, 5.74) is 0.562. The number of aromatic nitrogens is 1. The number of amides is 1. The second-order valence-corrected chi connectivity index (χ2v) is 4.37. The summed E-state index contributed by atoms with van der Waals surface area (Å²) >= 11 is 3.36. The van der Waals surface area contributed by atoms with E-state index in [2.05, 4.69) is 26.0 Å². The summed E-state index contributed by atoms with van der Waals surface area (Å²) in [6.07, 6.45) is 0.247. The second-order valence-electron chi connectivity index (χ2n) is 3.56. The summed E-state index contributed by atoms with van der Waals surface area (Å²) in [5.74, 6) is -0.403. The summed E-state index contributed by atoms with van der Waals surface area (Å²) < 4.78 is 7.24. The molecule has 0 fully saturated rings. The summed E-state index contributed by atoms with van der Waals surface area (Å²) in [6.45, 7) is 0.439. The Morgan fingerprint density at radius 1 is 1.69 bits per heavy atom. The first-order valence-corrected chi connectivity index (χ1v) is 5.64. The highest BCUT2D eigenvalue weighted by Crippen LogP contribution is 2.26. The highest BCUT2D eigenvalue weighted by molar-refractivity contribution is 9.10. The molecule has 1 aromatic heterocycles. The van der Waals surface area contributed by atoms with Crippen LogP contribution in [0.25, 0.3) is 0 Å². The lowest BCUT2D eigenvalue weighted by Crippen LogP contribution is -2.39. The quantitative estimate of drug-likeness (QED) is 0.829. The summed E-state index contributed by atoms with van der Waals surface area (Å²) in [5, 5.41) is 2.74. The molecule has 0 aromatic carbocycles. The monoisotopic (exact) mass is 286 g/mol. The van der Waals surface area contributed by atoms with E-state index in [0.717, 1.165) is 4.60 Å². The summed E-state index contributed by atoms with van der Waals surface area (Å²) in [7, 11) is 1.36. The van der Waals surface area contributed by atoms with Gasteiger partial charge in [-0.3, -0.25) is 9.59 Å². The number of halogens is 1. The molecule has 86 valence electrons. The maximum atomic E-state index is 11.5. The lowest BCUT2D eigenvalue weighted by molar-refractivity contribution is -0.141. The van der Waals surface area contributed by atoms with Gasteiger partial charge in [0, 0.05) is 6.54 Å². The van der Waals surface area contributed by atoms with Crippen molar-refractivity contribution in [3.8, 4) is 0 Å². The Morgan fingerprint density at radius 3 is 3.12 bits per heavy atom. The maximum Gasteiger partial charge on any atom is 0.307 e. The fraction of sp³-hybridized carbons (Fsp3) is 0.400. The Hall–Kier alpha value is -1.30. The molecule has 5 nitrogen and oxygen atoms in total. The fourth-order valence-corrected chi connectivity index (χ4v) is 2.42. The number of carbonyl (C=O) groups is 2. The van der Waals surface area contributed by atoms with Crippen LogP contribution >= 0.6 is 15.9 Å². The van der Waals surface area contributed by atoms with E-state index in [1.165, 1.54) is 7.11 Å². The molecule has 1 aromatic rings. The zero-order valence-electron chi connectivity index (χ0n) is 8.70. The number of rotatable bonds is 2. The van der Waals surface area contributed by atoms with Crippen LogP contribution in [0.3, 0.4) is 0 Å². The highest BCUT2D eigenvalue weighted by atomic mass is 79.9. The van der Waals surface area contributed by atoms with Gasteiger partial charge in [0.25, 0.3) is 5.91 Å². The lowest BCUT2D eigenvalue weighted by Gasteiger charge is -2.26. The van der Waals surface area contributed by atoms with E-state index in [1.54, 1.807) is 12.1 Å². The predicted octanol–water partition coefficient (Wildman–Crippen LogP) is 1.10. The SMILES string of the molecule is COC(=O)CC1CNC(=O)c2ccc(Br)n21. The van der Waals surface area contributed by atoms with E-state index in [1.807, 2.05) is 4.57 Å². The molecule has 0 saturated carbocycles. The molecule has 1 amide bonds. The van der Waals surface area contributed by atoms with Crippen molar-refractivity contribution in [2.24, 2.45) is 0 Å². The standard InChI is InChI=1S/C10H11BrN2O3/c1-16-9(14)4-6-5-12-10(15)7-2-3-8(11)13(6)7/h2-3,6H,4-5H2,1H3,(H,12,15). The minimum Gasteiger partial charge on any atom is -0.469 e. The van der Waals surface area contributed by atoms with Crippen molar-refractivity contribution in [1.29, 1.82) is 0 Å². The molecule has 1 atom stereocenters. The molecule has 1 N–H and O–H groups in total. The van der Waals surface area contributed by atoms with Gasteiger partial charge in [0.15, 0.2) is 0 Å². The number of nitrogens with one attached hydrogen (secondary N) is 1. The molecule has 0 aliphatic carbocycles. The number of esters is 1. The smallest absolute Gasteiger partial charge is 0.307 e. The zero-order chi connectivity index (χ0) is 11.7. The van der Waals surface area contributed by atoms with Crippen LogP contribution in [-0.4, -0.2) is 30.1 Å². The van der Waals surface area contributed by atoms with Gasteiger partial charge in [0.2, 0.25) is 0 Å². The molecular weight excluding hydrogens is 276 g/mol. The van der Waals surface area contributed by atoms with Gasteiger partial charge in [0.05, 0.1) is 24.2 Å². The predicted molar refractivity (Wildman–Crippen MR) is 60.1 cm³/mol. The third-order valence-electron chi connectivity index (χ3n) is 2.59. The van der Waals surface area contributed by atoms with Crippen molar-refractivity contribution in [3.05, 3.63) is 22.4 Å². The van der Waals surface area contributed by atoms with E-state index in [9.17, 15) is 9.59 Å². The van der Waals surface area contributed by atoms with Crippen molar-refractivity contribution in [3.63, 3.8) is 0 Å². The number of nitrogens with zero attached hydrogens (tertiary/aromatic N) is 1. The first-order valence-electron chi connectivity index (χ1n) is 4.85. The number of hydrogen-bond donors (Lipinski definition) is 1. The van der Waals surface area contributed by atoms with Gasteiger partial charge in [-0.1, -0.05) is 0 Å². The normalized spacial score (nSPS) is 18.9. The Labute approximate surface area is 101 Å². The Kier molecular flexibility index (Phi) is 3.00. The largest absolute Gasteiger partial charge is 0.469 e. The summed E-state index contributed by atoms with van der Waals surface area (Å²) in [6, 6.07) is 3.43. The number of ether oxygens (including phenoxy) is 1. The molecular formula is C10H11BrN2O3. The number of hydrogen-bond acceptors (Lipinski definition) is 3. The van der Waals surface area contributed by atoms with Gasteiger partial charge < -0.3 is 14.6 Å². The van der Waals surface area contributed by atoms with E-state index in [4.69, 9.17) is 0 Å². The molecule has 16 heavy (non-hydrogen) atoms. The molecule has 1 unspecified atom stereocenters. The van der Waals surface area contributed by atoms with Crippen LogP contribution in [0.4, 0.5) is 0 Å². The molecule has 0 bridgehead atoms. The Balaban J connectivity index is 2.30. The van der Waals surface area contributed by atoms with Crippen molar-refractivity contribution in [2.75, 3.05) is 13.7 Å². The highest BCUT2D eigenvalue weighted by Gasteiger charge is 2.28. The average Bonchev–Trinajstić information content (AvgIpc) is 2.66. The van der Waals surface area contributed by atoms with Gasteiger partial charge >= 0.3 is 5.97 Å². The van der Waals surface area contributed by atoms with Crippen molar-refractivity contribution in [2.45, 2.75) is 12.5 Å². The topological polar surface area (TPSA) is 60.3 Å². The molecule has 0 spiro atoms. The molecule has 2 rings (SSSR count). The van der Waals surface area contributed by atoms with Crippen LogP contribution in [-0.2, 0) is 9.53 Å². The second kappa shape index (κ2) is 4.29. The lowest BCUT2D eigenvalue weighted by atomic mass is 10.1. The maximum absolute atomic E-state index is 11.5. The Morgan fingerprint density at radius 2 is 2.44 bits per heavy atom. The van der Waals surface area contributed by atoms with Crippen LogP contribution in [0, 0.1) is 0 Å². The number of carbonyl (C=O) groups excluding carboxylic acids is 2. The first kappa shape index (κ1) is 11.2.